The van der Waals surface area contributed by atoms with Crippen LogP contribution >= 0.6 is 0 Å². The summed E-state index contributed by atoms with van der Waals surface area (Å²) in [4.78, 5) is 22.7. The van der Waals surface area contributed by atoms with Crippen molar-refractivity contribution in [1.82, 2.24) is 9.13 Å². The lowest BCUT2D eigenvalue weighted by Crippen LogP contribution is -2.38. The third-order valence-corrected chi connectivity index (χ3v) is 2.94. The van der Waals surface area contributed by atoms with Gasteiger partial charge in [-0.15, -0.1) is 0 Å². The molecule has 1 fully saturated rings. The molecule has 0 aromatic carbocycles. The lowest BCUT2D eigenvalue weighted by molar-refractivity contribution is 0.270. The van der Waals surface area contributed by atoms with E-state index in [0.717, 1.165) is 11.1 Å². The molecule has 76 valence electrons. The summed E-state index contributed by atoms with van der Waals surface area (Å²) in [7, 11) is 1.52. The zero-order chi connectivity index (χ0) is 10.1. The molecule has 1 aliphatic rings. The second-order valence-corrected chi connectivity index (χ2v) is 3.94. The maximum absolute atomic E-state index is 11.6. The van der Waals surface area contributed by atoms with Crippen molar-refractivity contribution < 1.29 is 0 Å². The summed E-state index contributed by atoms with van der Waals surface area (Å²) in [6.07, 6.45) is 5.28. The molecule has 1 aliphatic carbocycles. The van der Waals surface area contributed by atoms with Crippen molar-refractivity contribution in [2.75, 3.05) is 0 Å². The summed E-state index contributed by atoms with van der Waals surface area (Å²) in [6, 6.07) is 1.44. The third-order valence-electron chi connectivity index (χ3n) is 2.94. The van der Waals surface area contributed by atoms with Crippen LogP contribution in [0.3, 0.4) is 0 Å². The van der Waals surface area contributed by atoms with Gasteiger partial charge in [-0.3, -0.25) is 9.36 Å². The van der Waals surface area contributed by atoms with Crippen molar-refractivity contribution in [3.63, 3.8) is 0 Å². The second-order valence-electron chi connectivity index (χ2n) is 3.94. The van der Waals surface area contributed by atoms with Crippen molar-refractivity contribution in [1.29, 1.82) is 0 Å². The van der Waals surface area contributed by atoms with Crippen LogP contribution in [-0.2, 0) is 13.6 Å². The van der Waals surface area contributed by atoms with Gasteiger partial charge in [-0.2, -0.15) is 0 Å². The molecule has 0 aliphatic heterocycles. The fourth-order valence-electron chi connectivity index (χ4n) is 1.71. The summed E-state index contributed by atoms with van der Waals surface area (Å²) >= 11 is 0. The maximum Gasteiger partial charge on any atom is 0.330 e. The fourth-order valence-corrected chi connectivity index (χ4v) is 1.71. The van der Waals surface area contributed by atoms with E-state index in [1.807, 2.05) is 0 Å². The first-order chi connectivity index (χ1) is 6.68. The Kier molecular flexibility index (Phi) is 2.27. The van der Waals surface area contributed by atoms with Crippen LogP contribution in [0.2, 0.25) is 0 Å². The first-order valence-electron chi connectivity index (χ1n) is 4.95. The fraction of sp³-hybridized carbons (Fsp3) is 0.600. The Bertz CT molecular complexity index is 440. The lowest BCUT2D eigenvalue weighted by Gasteiger charge is -2.25. The predicted octanol–water partition coefficient (Wildman–Crippen LogP) is 0.347. The largest absolute Gasteiger partial charge is 0.330 e. The van der Waals surface area contributed by atoms with Gasteiger partial charge < -0.3 is 4.57 Å². The van der Waals surface area contributed by atoms with Gasteiger partial charge in [0.1, 0.15) is 0 Å². The number of nitrogens with zero attached hydrogens (tertiary/aromatic N) is 2. The quantitative estimate of drug-likeness (QED) is 0.681. The molecular weight excluding hydrogens is 180 g/mol. The summed E-state index contributed by atoms with van der Waals surface area (Å²) in [5, 5.41) is 0. The predicted molar refractivity (Wildman–Crippen MR) is 53.3 cm³/mol. The highest BCUT2D eigenvalue weighted by atomic mass is 16.2. The summed E-state index contributed by atoms with van der Waals surface area (Å²) in [5.41, 5.74) is -0.441. The van der Waals surface area contributed by atoms with Gasteiger partial charge in [-0.1, -0.05) is 6.42 Å². The van der Waals surface area contributed by atoms with E-state index in [1.54, 1.807) is 10.8 Å². The molecule has 4 nitrogen and oxygen atoms in total. The molecule has 0 saturated heterocycles. The zero-order valence-electron chi connectivity index (χ0n) is 8.27. The summed E-state index contributed by atoms with van der Waals surface area (Å²) in [6.45, 7) is 0.757. The number of hydrogen-bond donors (Lipinski definition) is 0. The Morgan fingerprint density at radius 2 is 2.14 bits per heavy atom. The van der Waals surface area contributed by atoms with E-state index >= 15 is 0 Å². The Morgan fingerprint density at radius 1 is 1.43 bits per heavy atom. The topological polar surface area (TPSA) is 44.0 Å². The number of hydrogen-bond acceptors (Lipinski definition) is 2. The zero-order valence-corrected chi connectivity index (χ0v) is 8.27. The van der Waals surface area contributed by atoms with Gasteiger partial charge in [0.15, 0.2) is 0 Å². The van der Waals surface area contributed by atoms with Crippen molar-refractivity contribution in [3.05, 3.63) is 33.1 Å². The van der Waals surface area contributed by atoms with Crippen molar-refractivity contribution in [2.24, 2.45) is 13.0 Å². The van der Waals surface area contributed by atoms with E-state index in [4.69, 9.17) is 0 Å². The normalized spacial score (nSPS) is 16.6. The minimum absolute atomic E-state index is 0.204. The molecule has 0 unspecified atom stereocenters. The van der Waals surface area contributed by atoms with Gasteiger partial charge in [0.25, 0.3) is 5.56 Å². The molecule has 0 spiro atoms. The van der Waals surface area contributed by atoms with Crippen LogP contribution in [0.15, 0.2) is 21.9 Å². The molecule has 0 N–H and O–H groups in total. The Labute approximate surface area is 81.8 Å². The maximum atomic E-state index is 11.6. The van der Waals surface area contributed by atoms with E-state index in [-0.39, 0.29) is 11.2 Å². The van der Waals surface area contributed by atoms with Crippen LogP contribution in [0.5, 0.6) is 0 Å². The Morgan fingerprint density at radius 3 is 2.71 bits per heavy atom. The van der Waals surface area contributed by atoms with Crippen LogP contribution in [0, 0.1) is 5.92 Å². The number of aromatic nitrogens is 2. The molecule has 1 aromatic rings. The van der Waals surface area contributed by atoms with Crippen molar-refractivity contribution in [2.45, 2.75) is 25.8 Å². The van der Waals surface area contributed by atoms with E-state index in [2.05, 4.69) is 0 Å². The van der Waals surface area contributed by atoms with Crippen LogP contribution in [0.1, 0.15) is 19.3 Å². The van der Waals surface area contributed by atoms with E-state index in [0.29, 0.717) is 5.92 Å². The molecule has 4 heteroatoms. The van der Waals surface area contributed by atoms with Crippen LogP contribution in [-0.4, -0.2) is 9.13 Å². The monoisotopic (exact) mass is 194 g/mol. The average molecular weight is 194 g/mol. The summed E-state index contributed by atoms with van der Waals surface area (Å²) < 4.78 is 2.78. The molecule has 1 aromatic heterocycles. The Balaban J connectivity index is 2.29. The number of rotatable bonds is 2. The van der Waals surface area contributed by atoms with Crippen LogP contribution in [0.4, 0.5) is 0 Å². The van der Waals surface area contributed by atoms with Crippen molar-refractivity contribution in [3.8, 4) is 0 Å². The molecule has 0 atom stereocenters. The standard InChI is InChI=1S/C10H14N2O2/c1-11-9(13)5-6-12(10(11)14)7-8-3-2-4-8/h5-6,8H,2-4,7H2,1H3. The smallest absolute Gasteiger partial charge is 0.300 e. The van der Waals surface area contributed by atoms with Crippen LogP contribution < -0.4 is 11.2 Å². The average Bonchev–Trinajstić information content (AvgIpc) is 2.10. The highest BCUT2D eigenvalue weighted by Gasteiger charge is 2.18. The highest BCUT2D eigenvalue weighted by Crippen LogP contribution is 2.27. The molecule has 14 heavy (non-hydrogen) atoms. The van der Waals surface area contributed by atoms with E-state index < -0.39 is 0 Å². The molecule has 2 rings (SSSR count). The highest BCUT2D eigenvalue weighted by molar-refractivity contribution is 4.86. The van der Waals surface area contributed by atoms with Gasteiger partial charge >= 0.3 is 5.69 Å². The third kappa shape index (κ3) is 1.52. The Hall–Kier alpha value is -1.32. The minimum Gasteiger partial charge on any atom is -0.300 e. The van der Waals surface area contributed by atoms with Gasteiger partial charge in [-0.25, -0.2) is 4.79 Å². The van der Waals surface area contributed by atoms with Crippen LogP contribution in [0.25, 0.3) is 0 Å². The first kappa shape index (κ1) is 9.24. The molecule has 0 amide bonds. The first-order valence-corrected chi connectivity index (χ1v) is 4.95. The van der Waals surface area contributed by atoms with Gasteiger partial charge in [0.2, 0.25) is 0 Å². The van der Waals surface area contributed by atoms with Gasteiger partial charge in [-0.05, 0) is 18.8 Å². The lowest BCUT2D eigenvalue weighted by atomic mass is 9.85. The molecular formula is C10H14N2O2. The van der Waals surface area contributed by atoms with Crippen molar-refractivity contribution >= 4 is 0 Å². The minimum atomic E-state index is -0.236. The molecule has 1 heterocycles. The SMILES string of the molecule is Cn1c(=O)ccn(CC2CCC2)c1=O. The molecule has 0 radical (unpaired) electrons. The van der Waals surface area contributed by atoms with E-state index in [9.17, 15) is 9.59 Å². The van der Waals surface area contributed by atoms with Gasteiger partial charge in [0, 0.05) is 25.9 Å². The molecule has 0 bridgehead atoms. The molecule has 1 saturated carbocycles. The summed E-state index contributed by atoms with van der Waals surface area (Å²) in [5.74, 6) is 0.630. The van der Waals surface area contributed by atoms with Gasteiger partial charge in [0.05, 0.1) is 0 Å². The second kappa shape index (κ2) is 3.44. The van der Waals surface area contributed by atoms with E-state index in [1.165, 1.54) is 32.4 Å².